The lowest BCUT2D eigenvalue weighted by Gasteiger charge is -2.37. The molecule has 0 aliphatic carbocycles. The summed E-state index contributed by atoms with van der Waals surface area (Å²) in [5.41, 5.74) is 0.886. The molecule has 1 fully saturated rings. The van der Waals surface area contributed by atoms with Crippen LogP contribution in [0.15, 0.2) is 22.6 Å². The van der Waals surface area contributed by atoms with Gasteiger partial charge in [-0.1, -0.05) is 0 Å². The minimum atomic E-state index is -1.18. The van der Waals surface area contributed by atoms with E-state index >= 15 is 0 Å². The lowest BCUT2D eigenvalue weighted by Crippen LogP contribution is -2.50. The summed E-state index contributed by atoms with van der Waals surface area (Å²) in [6.45, 7) is 7.52. The molecule has 1 aromatic heterocycles. The van der Waals surface area contributed by atoms with Crippen molar-refractivity contribution in [2.24, 2.45) is 0 Å². The second-order valence-electron chi connectivity index (χ2n) is 7.35. The average Bonchev–Trinajstić information content (AvgIpc) is 3.04. The van der Waals surface area contributed by atoms with Gasteiger partial charge in [-0.25, -0.2) is 9.59 Å². The summed E-state index contributed by atoms with van der Waals surface area (Å²) >= 11 is 0. The van der Waals surface area contributed by atoms with E-state index in [4.69, 9.17) is 14.3 Å². The Morgan fingerprint density at radius 2 is 1.89 bits per heavy atom. The Bertz CT molecular complexity index is 927. The second-order valence-corrected chi connectivity index (χ2v) is 7.35. The molecule has 1 saturated heterocycles. The number of benzene rings is 1. The molecule has 0 bridgehead atoms. The largest absolute Gasteiger partial charge is 0.475 e. The number of fused-ring (bicyclic) bond motifs is 1. The monoisotopic (exact) mass is 371 g/mol. The molecule has 8 nitrogen and oxygen atoms in total. The first-order chi connectivity index (χ1) is 12.7. The molecule has 0 unspecified atom stereocenters. The average molecular weight is 371 g/mol. The molecule has 27 heavy (non-hydrogen) atoms. The molecule has 3 rings (SSSR count). The van der Waals surface area contributed by atoms with E-state index in [1.165, 1.54) is 6.07 Å². The fourth-order valence-corrected chi connectivity index (χ4v) is 3.04. The van der Waals surface area contributed by atoms with Crippen LogP contribution in [0.2, 0.25) is 0 Å². The van der Waals surface area contributed by atoms with Gasteiger partial charge < -0.3 is 24.1 Å². The van der Waals surface area contributed by atoms with Gasteiger partial charge in [0.25, 0.3) is 0 Å². The normalized spacial score (nSPS) is 14.9. The quantitative estimate of drug-likeness (QED) is 0.864. The topological polar surface area (TPSA) is 107 Å². The molecule has 0 saturated carbocycles. The number of carbonyl (C=O) groups is 2. The van der Waals surface area contributed by atoms with Gasteiger partial charge in [-0.05, 0) is 32.9 Å². The number of piperazine rings is 1. The number of nitrogens with zero attached hydrogens (tertiary/aromatic N) is 3. The molecule has 0 atom stereocenters. The van der Waals surface area contributed by atoms with Crippen LogP contribution in [-0.4, -0.2) is 53.8 Å². The number of nitriles is 1. The predicted octanol–water partition coefficient (Wildman–Crippen LogP) is 3.06. The number of amides is 1. The third kappa shape index (κ3) is 3.82. The Morgan fingerprint density at radius 3 is 2.44 bits per heavy atom. The van der Waals surface area contributed by atoms with Gasteiger partial charge in [0.05, 0.1) is 11.3 Å². The number of anilines is 1. The zero-order chi connectivity index (χ0) is 19.8. The van der Waals surface area contributed by atoms with Crippen LogP contribution in [-0.2, 0) is 4.74 Å². The number of carbonyl (C=O) groups excluding carboxylic acids is 1. The fraction of sp³-hybridized carbons (Fsp3) is 0.421. The van der Waals surface area contributed by atoms with E-state index in [-0.39, 0.29) is 11.9 Å². The Hall–Kier alpha value is -3.21. The van der Waals surface area contributed by atoms with Gasteiger partial charge in [0.2, 0.25) is 5.76 Å². The first-order valence-electron chi connectivity index (χ1n) is 8.62. The Morgan fingerprint density at radius 1 is 1.22 bits per heavy atom. The lowest BCUT2D eigenvalue weighted by atomic mass is 10.1. The third-order valence-corrected chi connectivity index (χ3v) is 4.27. The maximum absolute atomic E-state index is 12.2. The number of carboxylic acids is 1. The third-order valence-electron chi connectivity index (χ3n) is 4.27. The second kappa shape index (κ2) is 6.83. The summed E-state index contributed by atoms with van der Waals surface area (Å²) in [4.78, 5) is 27.0. The van der Waals surface area contributed by atoms with Gasteiger partial charge in [0, 0.05) is 37.6 Å². The molecule has 0 spiro atoms. The summed E-state index contributed by atoms with van der Waals surface area (Å²) in [7, 11) is 0. The first kappa shape index (κ1) is 18.6. The van der Waals surface area contributed by atoms with Crippen LogP contribution in [0.5, 0.6) is 0 Å². The summed E-state index contributed by atoms with van der Waals surface area (Å²) < 4.78 is 10.7. The number of hydrogen-bond donors (Lipinski definition) is 1. The minimum Gasteiger partial charge on any atom is -0.475 e. The van der Waals surface area contributed by atoms with E-state index < -0.39 is 11.6 Å². The van der Waals surface area contributed by atoms with Crippen LogP contribution >= 0.6 is 0 Å². The van der Waals surface area contributed by atoms with E-state index in [1.807, 2.05) is 25.7 Å². The van der Waals surface area contributed by atoms with Crippen LogP contribution in [0.4, 0.5) is 10.5 Å². The fourth-order valence-electron chi connectivity index (χ4n) is 3.04. The Kier molecular flexibility index (Phi) is 4.70. The highest BCUT2D eigenvalue weighted by molar-refractivity contribution is 5.96. The highest BCUT2D eigenvalue weighted by atomic mass is 16.6. The summed E-state index contributed by atoms with van der Waals surface area (Å²) in [5, 5.41) is 19.2. The predicted molar refractivity (Wildman–Crippen MR) is 97.9 cm³/mol. The maximum atomic E-state index is 12.2. The Balaban J connectivity index is 1.80. The van der Waals surface area contributed by atoms with Crippen LogP contribution in [0.25, 0.3) is 11.0 Å². The van der Waals surface area contributed by atoms with Gasteiger partial charge >= 0.3 is 12.1 Å². The summed E-state index contributed by atoms with van der Waals surface area (Å²) in [6, 6.07) is 6.94. The van der Waals surface area contributed by atoms with Gasteiger partial charge in [-0.2, -0.15) is 5.26 Å². The number of carboxylic acid groups (broad SMARTS) is 1. The van der Waals surface area contributed by atoms with Crippen LogP contribution in [0, 0.1) is 11.3 Å². The Labute approximate surface area is 156 Å². The van der Waals surface area contributed by atoms with Crippen molar-refractivity contribution in [1.29, 1.82) is 5.26 Å². The highest BCUT2D eigenvalue weighted by Gasteiger charge is 2.27. The van der Waals surface area contributed by atoms with Crippen molar-refractivity contribution in [3.05, 3.63) is 29.5 Å². The van der Waals surface area contributed by atoms with Crippen LogP contribution < -0.4 is 4.90 Å². The molecular formula is C19H21N3O5. The molecule has 1 aliphatic rings. The van der Waals surface area contributed by atoms with E-state index in [9.17, 15) is 14.9 Å². The van der Waals surface area contributed by atoms with Crippen molar-refractivity contribution in [2.75, 3.05) is 31.1 Å². The summed E-state index contributed by atoms with van der Waals surface area (Å²) in [6.07, 6.45) is -0.348. The molecule has 2 heterocycles. The van der Waals surface area contributed by atoms with Gasteiger partial charge in [-0.3, -0.25) is 0 Å². The van der Waals surface area contributed by atoms with Gasteiger partial charge in [0.15, 0.2) is 0 Å². The SMILES string of the molecule is CC(C)(C)OC(=O)N1CCN(c2ccc3oc(C(=O)O)cc3c2C#N)CC1. The zero-order valence-electron chi connectivity index (χ0n) is 15.5. The van der Waals surface area contributed by atoms with Crippen molar-refractivity contribution in [2.45, 2.75) is 26.4 Å². The number of aromatic carboxylic acids is 1. The van der Waals surface area contributed by atoms with Crippen molar-refractivity contribution in [1.82, 2.24) is 4.90 Å². The van der Waals surface area contributed by atoms with Crippen LogP contribution in [0.3, 0.4) is 0 Å². The minimum absolute atomic E-state index is 0.201. The number of ether oxygens (including phenoxy) is 1. The number of furan rings is 1. The van der Waals surface area contributed by atoms with Crippen molar-refractivity contribution < 1.29 is 23.8 Å². The smallest absolute Gasteiger partial charge is 0.410 e. The highest BCUT2D eigenvalue weighted by Crippen LogP contribution is 2.31. The van der Waals surface area contributed by atoms with E-state index in [2.05, 4.69) is 6.07 Å². The molecule has 8 heteroatoms. The molecule has 2 aromatic rings. The first-order valence-corrected chi connectivity index (χ1v) is 8.62. The zero-order valence-corrected chi connectivity index (χ0v) is 15.5. The van der Waals surface area contributed by atoms with Crippen molar-refractivity contribution in [3.63, 3.8) is 0 Å². The van der Waals surface area contributed by atoms with Gasteiger partial charge in [0.1, 0.15) is 17.3 Å². The summed E-state index contributed by atoms with van der Waals surface area (Å²) in [5.74, 6) is -1.38. The molecule has 142 valence electrons. The van der Waals surface area contributed by atoms with Gasteiger partial charge in [-0.15, -0.1) is 0 Å². The number of rotatable bonds is 2. The maximum Gasteiger partial charge on any atom is 0.410 e. The lowest BCUT2D eigenvalue weighted by molar-refractivity contribution is 0.0240. The number of hydrogen-bond acceptors (Lipinski definition) is 6. The molecule has 1 aromatic carbocycles. The standard InChI is InChI=1S/C19H21N3O5/c1-19(2,3)27-18(25)22-8-6-21(7-9-22)14-4-5-15-12(13(14)11-20)10-16(26-15)17(23)24/h4-5,10H,6-9H2,1-3H3,(H,23,24). The van der Waals surface area contributed by atoms with Crippen molar-refractivity contribution in [3.8, 4) is 6.07 Å². The van der Waals surface area contributed by atoms with E-state index in [1.54, 1.807) is 17.0 Å². The van der Waals surface area contributed by atoms with Crippen LogP contribution in [0.1, 0.15) is 36.9 Å². The van der Waals surface area contributed by atoms with E-state index in [0.29, 0.717) is 48.4 Å². The van der Waals surface area contributed by atoms with E-state index in [0.717, 1.165) is 0 Å². The van der Waals surface area contributed by atoms with Crippen molar-refractivity contribution >= 4 is 28.7 Å². The molecule has 1 N–H and O–H groups in total. The molecular weight excluding hydrogens is 350 g/mol. The molecule has 1 amide bonds. The molecule has 1 aliphatic heterocycles. The molecule has 0 radical (unpaired) electrons.